The molecule has 0 aromatic carbocycles. The highest BCUT2D eigenvalue weighted by atomic mass is 16.3. The molecule has 1 unspecified atom stereocenters. The third-order valence-electron chi connectivity index (χ3n) is 4.72. The third-order valence-corrected chi connectivity index (χ3v) is 4.72. The molecule has 0 saturated carbocycles. The van der Waals surface area contributed by atoms with Crippen LogP contribution in [0, 0.1) is 11.3 Å². The second-order valence-corrected chi connectivity index (χ2v) is 6.24. The number of hydrogen-bond donors (Lipinski definition) is 2. The van der Waals surface area contributed by atoms with Crippen LogP contribution in [-0.2, 0) is 4.79 Å². The maximum absolute atomic E-state index is 12.7. The lowest BCUT2D eigenvalue weighted by atomic mass is 9.74. The quantitative estimate of drug-likeness (QED) is 0.790. The van der Waals surface area contributed by atoms with Gasteiger partial charge in [-0.3, -0.25) is 4.79 Å². The maximum atomic E-state index is 12.7. The lowest BCUT2D eigenvalue weighted by Gasteiger charge is -2.40. The first-order chi connectivity index (χ1) is 8.57. The maximum Gasteiger partial charge on any atom is 0.228 e. The molecule has 2 fully saturated rings. The van der Waals surface area contributed by atoms with Crippen molar-refractivity contribution in [3.8, 4) is 0 Å². The molecule has 2 aliphatic heterocycles. The molecule has 0 radical (unpaired) electrons. The third kappa shape index (κ3) is 2.54. The van der Waals surface area contributed by atoms with Crippen LogP contribution in [0.15, 0.2) is 0 Å². The normalized spacial score (nSPS) is 29.6. The van der Waals surface area contributed by atoms with E-state index < -0.39 is 0 Å². The van der Waals surface area contributed by atoms with Crippen molar-refractivity contribution in [2.45, 2.75) is 45.6 Å². The van der Waals surface area contributed by atoms with Crippen molar-refractivity contribution in [1.82, 2.24) is 10.2 Å². The molecule has 1 amide bonds. The number of rotatable bonds is 3. The summed E-state index contributed by atoms with van der Waals surface area (Å²) in [5.74, 6) is 0.645. The van der Waals surface area contributed by atoms with Crippen LogP contribution >= 0.6 is 0 Å². The zero-order chi connectivity index (χ0) is 13.2. The lowest BCUT2D eigenvalue weighted by Crippen LogP contribution is -2.50. The summed E-state index contributed by atoms with van der Waals surface area (Å²) in [6.07, 6.45) is 4.26. The number of aliphatic hydroxyl groups is 1. The van der Waals surface area contributed by atoms with Crippen LogP contribution in [0.2, 0.25) is 0 Å². The largest absolute Gasteiger partial charge is 0.394 e. The van der Waals surface area contributed by atoms with Crippen LogP contribution in [0.25, 0.3) is 0 Å². The van der Waals surface area contributed by atoms with Crippen LogP contribution < -0.4 is 5.32 Å². The first-order valence-electron chi connectivity index (χ1n) is 7.20. The molecule has 2 aliphatic rings. The van der Waals surface area contributed by atoms with Gasteiger partial charge in [-0.15, -0.1) is 0 Å². The summed E-state index contributed by atoms with van der Waals surface area (Å²) in [5.41, 5.74) is -0.314. The molecule has 0 bridgehead atoms. The molecule has 4 heteroatoms. The molecule has 2 rings (SSSR count). The molecule has 2 N–H and O–H groups in total. The van der Waals surface area contributed by atoms with Gasteiger partial charge in [0.15, 0.2) is 0 Å². The SMILES string of the molecule is CC(C)(C(=O)N1CCC[C@H]1CO)C1CCCNC1. The molecule has 0 spiro atoms. The molecule has 0 aliphatic carbocycles. The smallest absolute Gasteiger partial charge is 0.228 e. The predicted molar refractivity (Wildman–Crippen MR) is 71.2 cm³/mol. The van der Waals surface area contributed by atoms with Gasteiger partial charge in [0.25, 0.3) is 0 Å². The van der Waals surface area contributed by atoms with Gasteiger partial charge in [-0.05, 0) is 44.7 Å². The predicted octanol–water partition coefficient (Wildman–Crippen LogP) is 0.996. The van der Waals surface area contributed by atoms with E-state index >= 15 is 0 Å². The van der Waals surface area contributed by atoms with E-state index in [4.69, 9.17) is 0 Å². The van der Waals surface area contributed by atoms with Crippen LogP contribution in [0.1, 0.15) is 39.5 Å². The van der Waals surface area contributed by atoms with Crippen molar-refractivity contribution >= 4 is 5.91 Å². The Kier molecular flexibility index (Phi) is 4.28. The fraction of sp³-hybridized carbons (Fsp3) is 0.929. The minimum absolute atomic E-state index is 0.0494. The van der Waals surface area contributed by atoms with Gasteiger partial charge >= 0.3 is 0 Å². The van der Waals surface area contributed by atoms with Gasteiger partial charge in [-0.2, -0.15) is 0 Å². The highest BCUT2D eigenvalue weighted by Crippen LogP contribution is 2.35. The standard InChI is InChI=1S/C14H26N2O2/c1-14(2,11-5-3-7-15-9-11)13(18)16-8-4-6-12(16)10-17/h11-12,15,17H,3-10H2,1-2H3/t11?,12-/m0/s1. The zero-order valence-corrected chi connectivity index (χ0v) is 11.6. The minimum atomic E-state index is -0.314. The van der Waals surface area contributed by atoms with Crippen molar-refractivity contribution in [2.75, 3.05) is 26.2 Å². The summed E-state index contributed by atoms with van der Waals surface area (Å²) >= 11 is 0. The molecule has 104 valence electrons. The van der Waals surface area contributed by atoms with E-state index in [0.717, 1.165) is 45.3 Å². The second kappa shape index (κ2) is 5.57. The number of carbonyl (C=O) groups excluding carboxylic acids is 1. The van der Waals surface area contributed by atoms with Crippen molar-refractivity contribution in [3.63, 3.8) is 0 Å². The van der Waals surface area contributed by atoms with Crippen LogP contribution in [-0.4, -0.2) is 48.2 Å². The summed E-state index contributed by atoms with van der Waals surface area (Å²) in [6, 6.07) is 0.0494. The Labute approximate surface area is 110 Å². The number of hydrogen-bond acceptors (Lipinski definition) is 3. The molecule has 0 aromatic rings. The Morgan fingerprint density at radius 1 is 1.39 bits per heavy atom. The molecule has 0 aromatic heterocycles. The monoisotopic (exact) mass is 254 g/mol. The van der Waals surface area contributed by atoms with E-state index in [-0.39, 0.29) is 24.0 Å². The number of nitrogens with one attached hydrogen (secondary N) is 1. The minimum Gasteiger partial charge on any atom is -0.394 e. The Bertz CT molecular complexity index is 298. The van der Waals surface area contributed by atoms with Crippen molar-refractivity contribution in [2.24, 2.45) is 11.3 Å². The van der Waals surface area contributed by atoms with E-state index in [1.54, 1.807) is 0 Å². The summed E-state index contributed by atoms with van der Waals surface area (Å²) in [5, 5.41) is 12.7. The van der Waals surface area contributed by atoms with E-state index in [2.05, 4.69) is 19.2 Å². The first-order valence-corrected chi connectivity index (χ1v) is 7.20. The molecule has 2 atom stereocenters. The summed E-state index contributed by atoms with van der Waals surface area (Å²) in [4.78, 5) is 14.6. The molecule has 2 saturated heterocycles. The van der Waals surface area contributed by atoms with Gasteiger partial charge in [0.1, 0.15) is 0 Å². The van der Waals surface area contributed by atoms with Crippen molar-refractivity contribution in [3.05, 3.63) is 0 Å². The number of piperidine rings is 1. The van der Waals surface area contributed by atoms with Gasteiger partial charge in [-0.25, -0.2) is 0 Å². The van der Waals surface area contributed by atoms with Gasteiger partial charge < -0.3 is 15.3 Å². The average molecular weight is 254 g/mol. The number of amides is 1. The molecule has 4 nitrogen and oxygen atoms in total. The Hall–Kier alpha value is -0.610. The number of aliphatic hydroxyl groups excluding tert-OH is 1. The number of likely N-dealkylation sites (tertiary alicyclic amines) is 1. The van der Waals surface area contributed by atoms with E-state index in [1.165, 1.54) is 0 Å². The number of carbonyl (C=O) groups is 1. The average Bonchev–Trinajstić information content (AvgIpc) is 2.87. The summed E-state index contributed by atoms with van der Waals surface area (Å²) < 4.78 is 0. The van der Waals surface area contributed by atoms with Gasteiger partial charge in [0.05, 0.1) is 12.6 Å². The Morgan fingerprint density at radius 2 is 2.17 bits per heavy atom. The van der Waals surface area contributed by atoms with Gasteiger partial charge in [-0.1, -0.05) is 13.8 Å². The zero-order valence-electron chi connectivity index (χ0n) is 11.6. The van der Waals surface area contributed by atoms with E-state index in [9.17, 15) is 9.90 Å². The molecular weight excluding hydrogens is 228 g/mol. The highest BCUT2D eigenvalue weighted by Gasteiger charge is 2.42. The first kappa shape index (κ1) is 13.8. The topological polar surface area (TPSA) is 52.6 Å². The fourth-order valence-corrected chi connectivity index (χ4v) is 3.31. The van der Waals surface area contributed by atoms with Crippen LogP contribution in [0.3, 0.4) is 0 Å². The van der Waals surface area contributed by atoms with Gasteiger partial charge in [0, 0.05) is 12.0 Å². The van der Waals surface area contributed by atoms with Crippen molar-refractivity contribution in [1.29, 1.82) is 0 Å². The summed E-state index contributed by atoms with van der Waals surface area (Å²) in [6.45, 7) is 7.07. The fourth-order valence-electron chi connectivity index (χ4n) is 3.31. The summed E-state index contributed by atoms with van der Waals surface area (Å²) in [7, 11) is 0. The molecular formula is C14H26N2O2. The van der Waals surface area contributed by atoms with Crippen LogP contribution in [0.5, 0.6) is 0 Å². The number of nitrogens with zero attached hydrogens (tertiary/aromatic N) is 1. The van der Waals surface area contributed by atoms with E-state index in [1.807, 2.05) is 4.90 Å². The van der Waals surface area contributed by atoms with Crippen molar-refractivity contribution < 1.29 is 9.90 Å². The molecule has 2 heterocycles. The highest BCUT2D eigenvalue weighted by molar-refractivity contribution is 5.83. The van der Waals surface area contributed by atoms with Gasteiger partial charge in [0.2, 0.25) is 5.91 Å². The van der Waals surface area contributed by atoms with E-state index in [0.29, 0.717) is 5.92 Å². The Balaban J connectivity index is 2.05. The molecule has 18 heavy (non-hydrogen) atoms. The Morgan fingerprint density at radius 3 is 2.78 bits per heavy atom. The van der Waals surface area contributed by atoms with Crippen LogP contribution in [0.4, 0.5) is 0 Å². The lowest BCUT2D eigenvalue weighted by molar-refractivity contribution is -0.145. The second-order valence-electron chi connectivity index (χ2n) is 6.24.